The third-order valence-electron chi connectivity index (χ3n) is 2.23. The van der Waals surface area contributed by atoms with Crippen molar-refractivity contribution in [3.05, 3.63) is 11.6 Å². The van der Waals surface area contributed by atoms with Gasteiger partial charge in [-0.15, -0.1) is 0 Å². The first-order valence-corrected chi connectivity index (χ1v) is 7.02. The summed E-state index contributed by atoms with van der Waals surface area (Å²) >= 11 is 6.91. The van der Waals surface area contributed by atoms with Crippen LogP contribution in [0, 0.1) is 5.41 Å². The van der Waals surface area contributed by atoms with Crippen LogP contribution in [0.25, 0.3) is 0 Å². The van der Waals surface area contributed by atoms with Crippen molar-refractivity contribution in [2.75, 3.05) is 13.2 Å². The van der Waals surface area contributed by atoms with Crippen molar-refractivity contribution in [2.24, 2.45) is 5.41 Å². The number of carbonyl (C=O) groups excluding carboxylic acids is 1. The fraction of sp³-hybridized carbons (Fsp3) is 0.750. The molecule has 0 heterocycles. The number of alkyl halides is 2. The second kappa shape index (κ2) is 6.90. The van der Waals surface area contributed by atoms with E-state index in [1.165, 1.54) is 0 Å². The summed E-state index contributed by atoms with van der Waals surface area (Å²) < 4.78 is 10.0. The Bertz CT molecular complexity index is 291. The Morgan fingerprint density at radius 2 is 1.76 bits per heavy atom. The third-order valence-corrected chi connectivity index (χ3v) is 5.06. The van der Waals surface area contributed by atoms with E-state index >= 15 is 0 Å². The second-order valence-corrected chi connectivity index (χ2v) is 8.02. The maximum Gasteiger partial charge on any atom is 0.333 e. The minimum atomic E-state index is -0.616. The minimum absolute atomic E-state index is 0.115. The van der Waals surface area contributed by atoms with Crippen LogP contribution < -0.4 is 0 Å². The molecule has 0 N–H and O–H groups in total. The smallest absolute Gasteiger partial charge is 0.333 e. The van der Waals surface area contributed by atoms with Crippen molar-refractivity contribution in [3.8, 4) is 0 Å². The maximum absolute atomic E-state index is 11.3. The van der Waals surface area contributed by atoms with Gasteiger partial charge >= 0.3 is 5.97 Å². The second-order valence-electron chi connectivity index (χ2n) is 4.72. The van der Waals surface area contributed by atoms with Crippen LogP contribution in [0.15, 0.2) is 11.6 Å². The normalized spacial score (nSPS) is 13.7. The molecular weight excluding hydrogens is 352 g/mol. The van der Waals surface area contributed by atoms with Crippen LogP contribution in [0.5, 0.6) is 0 Å². The number of rotatable bonds is 5. The van der Waals surface area contributed by atoms with E-state index in [4.69, 9.17) is 9.47 Å². The highest BCUT2D eigenvalue weighted by Crippen LogP contribution is 2.44. The first-order chi connectivity index (χ1) is 7.62. The molecule has 0 aromatic heterocycles. The summed E-state index contributed by atoms with van der Waals surface area (Å²) in [7, 11) is 0. The van der Waals surface area contributed by atoms with Gasteiger partial charge < -0.3 is 9.47 Å². The van der Waals surface area contributed by atoms with Gasteiger partial charge in [0.25, 0.3) is 0 Å². The SMILES string of the molecule is CC=C(C)C(=O)OCCOC(Br)(Br)C(C)(C)C. The molecule has 0 rings (SSSR count). The molecular formula is C12H20Br2O3. The van der Waals surface area contributed by atoms with Crippen molar-refractivity contribution in [1.29, 1.82) is 0 Å². The molecule has 0 aliphatic carbocycles. The van der Waals surface area contributed by atoms with Crippen molar-refractivity contribution in [3.63, 3.8) is 0 Å². The standard InChI is InChI=1S/C12H20Br2O3/c1-6-9(2)10(15)16-7-8-17-12(13,14)11(3,4)5/h6H,7-8H2,1-5H3. The van der Waals surface area contributed by atoms with Gasteiger partial charge in [0.05, 0.1) is 6.61 Å². The molecule has 0 aromatic rings. The van der Waals surface area contributed by atoms with Gasteiger partial charge in [-0.2, -0.15) is 0 Å². The number of hydrogen-bond acceptors (Lipinski definition) is 3. The van der Waals surface area contributed by atoms with Gasteiger partial charge in [-0.25, -0.2) is 4.79 Å². The van der Waals surface area contributed by atoms with E-state index in [1.807, 2.05) is 20.8 Å². The number of hydrogen-bond donors (Lipinski definition) is 0. The zero-order valence-electron chi connectivity index (χ0n) is 11.0. The number of esters is 1. The Kier molecular flexibility index (Phi) is 6.95. The van der Waals surface area contributed by atoms with E-state index in [1.54, 1.807) is 19.9 Å². The number of carbonyl (C=O) groups is 1. The van der Waals surface area contributed by atoms with Gasteiger partial charge in [0.15, 0.2) is 3.42 Å². The number of allylic oxidation sites excluding steroid dienone is 1. The molecule has 17 heavy (non-hydrogen) atoms. The molecule has 0 aliphatic rings. The van der Waals surface area contributed by atoms with E-state index in [2.05, 4.69) is 31.9 Å². The van der Waals surface area contributed by atoms with Gasteiger partial charge in [-0.05, 0) is 45.7 Å². The molecule has 0 aliphatic heterocycles. The number of ether oxygens (including phenoxy) is 2. The Labute approximate surface area is 120 Å². The van der Waals surface area contributed by atoms with Crippen LogP contribution in [0.2, 0.25) is 0 Å². The molecule has 0 amide bonds. The van der Waals surface area contributed by atoms with E-state index in [-0.39, 0.29) is 18.0 Å². The predicted molar refractivity (Wildman–Crippen MR) is 76.4 cm³/mol. The molecule has 0 aromatic carbocycles. The van der Waals surface area contributed by atoms with E-state index in [0.29, 0.717) is 12.2 Å². The highest BCUT2D eigenvalue weighted by molar-refractivity contribution is 9.25. The molecule has 0 radical (unpaired) electrons. The Morgan fingerprint density at radius 3 is 2.18 bits per heavy atom. The average molecular weight is 372 g/mol. The fourth-order valence-electron chi connectivity index (χ4n) is 0.752. The first-order valence-electron chi connectivity index (χ1n) is 5.43. The molecule has 5 heteroatoms. The summed E-state index contributed by atoms with van der Waals surface area (Å²) in [4.78, 5) is 11.3. The molecule has 3 nitrogen and oxygen atoms in total. The Morgan fingerprint density at radius 1 is 1.24 bits per heavy atom. The summed E-state index contributed by atoms with van der Waals surface area (Å²) in [6, 6.07) is 0. The van der Waals surface area contributed by atoms with Crippen molar-refractivity contribution >= 4 is 37.8 Å². The Balaban J connectivity index is 3.99. The quantitative estimate of drug-likeness (QED) is 0.317. The summed E-state index contributed by atoms with van der Waals surface area (Å²) in [5, 5.41) is 0. The largest absolute Gasteiger partial charge is 0.460 e. The third kappa shape index (κ3) is 6.02. The van der Waals surface area contributed by atoms with Crippen LogP contribution in [0.4, 0.5) is 0 Å². The zero-order valence-corrected chi connectivity index (χ0v) is 14.1. The summed E-state index contributed by atoms with van der Waals surface area (Å²) in [5.74, 6) is -0.304. The van der Waals surface area contributed by atoms with Crippen LogP contribution in [0.3, 0.4) is 0 Å². The van der Waals surface area contributed by atoms with Crippen molar-refractivity contribution in [2.45, 2.75) is 38.0 Å². The lowest BCUT2D eigenvalue weighted by molar-refractivity contribution is -0.141. The van der Waals surface area contributed by atoms with E-state index < -0.39 is 3.42 Å². The summed E-state index contributed by atoms with van der Waals surface area (Å²) in [6.45, 7) is 10.2. The van der Waals surface area contributed by atoms with Crippen LogP contribution in [0.1, 0.15) is 34.6 Å². The zero-order chi connectivity index (χ0) is 13.7. The summed E-state index contributed by atoms with van der Waals surface area (Å²) in [6.07, 6.45) is 1.72. The molecule has 0 saturated carbocycles. The predicted octanol–water partition coefficient (Wildman–Crippen LogP) is 4.00. The molecule has 0 fully saturated rings. The highest BCUT2D eigenvalue weighted by atomic mass is 79.9. The lowest BCUT2D eigenvalue weighted by Gasteiger charge is -2.34. The van der Waals surface area contributed by atoms with Crippen LogP contribution >= 0.6 is 31.9 Å². The molecule has 0 unspecified atom stereocenters. The molecule has 0 spiro atoms. The van der Waals surface area contributed by atoms with Crippen molar-refractivity contribution < 1.29 is 14.3 Å². The fourth-order valence-corrected chi connectivity index (χ4v) is 1.08. The average Bonchev–Trinajstić information content (AvgIpc) is 2.21. The molecule has 0 atom stereocenters. The van der Waals surface area contributed by atoms with E-state index in [0.717, 1.165) is 0 Å². The Hall–Kier alpha value is 0.130. The van der Waals surface area contributed by atoms with E-state index in [9.17, 15) is 4.79 Å². The minimum Gasteiger partial charge on any atom is -0.460 e. The monoisotopic (exact) mass is 370 g/mol. The topological polar surface area (TPSA) is 35.5 Å². The molecule has 0 saturated heterocycles. The van der Waals surface area contributed by atoms with Gasteiger partial charge in [0.1, 0.15) is 6.61 Å². The van der Waals surface area contributed by atoms with Gasteiger partial charge in [0.2, 0.25) is 0 Å². The van der Waals surface area contributed by atoms with Gasteiger partial charge in [0, 0.05) is 11.0 Å². The summed E-state index contributed by atoms with van der Waals surface area (Å²) in [5.41, 5.74) is 0.487. The maximum atomic E-state index is 11.3. The van der Waals surface area contributed by atoms with Crippen LogP contribution in [-0.4, -0.2) is 22.6 Å². The van der Waals surface area contributed by atoms with Crippen molar-refractivity contribution in [1.82, 2.24) is 0 Å². The van der Waals surface area contributed by atoms with Crippen LogP contribution in [-0.2, 0) is 14.3 Å². The molecule has 0 bridgehead atoms. The first kappa shape index (κ1) is 17.1. The lowest BCUT2D eigenvalue weighted by Crippen LogP contribution is -2.34. The van der Waals surface area contributed by atoms with Gasteiger partial charge in [-0.3, -0.25) is 0 Å². The lowest BCUT2D eigenvalue weighted by atomic mass is 9.98. The highest BCUT2D eigenvalue weighted by Gasteiger charge is 2.38. The molecule has 100 valence electrons. The number of halogens is 2. The van der Waals surface area contributed by atoms with Gasteiger partial charge in [-0.1, -0.05) is 26.8 Å².